The highest BCUT2D eigenvalue weighted by Crippen LogP contribution is 2.19. The largest absolute Gasteiger partial charge is 0.310 e. The van der Waals surface area contributed by atoms with Gasteiger partial charge in [0.1, 0.15) is 0 Å². The first-order valence-electron chi connectivity index (χ1n) is 5.31. The second-order valence-electron chi connectivity index (χ2n) is 3.97. The fraction of sp³-hybridized carbons (Fsp3) is 0.636. The minimum absolute atomic E-state index is 0.779. The Balaban J connectivity index is 1.76. The van der Waals surface area contributed by atoms with E-state index in [1.165, 1.54) is 40.6 Å². The zero-order valence-corrected chi connectivity index (χ0v) is 11.2. The summed E-state index contributed by atoms with van der Waals surface area (Å²) in [7, 11) is 0. The van der Waals surface area contributed by atoms with Gasteiger partial charge in [-0.15, -0.1) is 11.3 Å². The highest BCUT2D eigenvalue weighted by molar-refractivity contribution is 14.1. The monoisotopic (exact) mass is 321 g/mol. The first-order valence-corrected chi connectivity index (χ1v) is 7.27. The van der Waals surface area contributed by atoms with Gasteiger partial charge in [0, 0.05) is 12.6 Å². The molecule has 0 amide bonds. The molecule has 1 fully saturated rings. The van der Waals surface area contributed by atoms with E-state index >= 15 is 0 Å². The van der Waals surface area contributed by atoms with E-state index in [1.54, 1.807) is 0 Å². The summed E-state index contributed by atoms with van der Waals surface area (Å²) in [5.41, 5.74) is 1.45. The lowest BCUT2D eigenvalue weighted by Gasteiger charge is -2.22. The van der Waals surface area contributed by atoms with Crippen molar-refractivity contribution >= 4 is 33.9 Å². The Morgan fingerprint density at radius 1 is 1.36 bits per heavy atom. The van der Waals surface area contributed by atoms with Crippen LogP contribution in [0.15, 0.2) is 11.4 Å². The van der Waals surface area contributed by atoms with Crippen LogP contribution in [0.2, 0.25) is 0 Å². The number of hydrogen-bond acceptors (Lipinski definition) is 2. The van der Waals surface area contributed by atoms with Crippen molar-refractivity contribution in [2.24, 2.45) is 0 Å². The maximum atomic E-state index is 3.65. The molecule has 0 atom stereocenters. The number of thiophene rings is 1. The molecule has 1 aliphatic rings. The van der Waals surface area contributed by atoms with Gasteiger partial charge in [-0.3, -0.25) is 0 Å². The minimum atomic E-state index is 0.779. The molecule has 1 aromatic rings. The van der Waals surface area contributed by atoms with Crippen molar-refractivity contribution in [1.82, 2.24) is 5.32 Å². The molecular weight excluding hydrogens is 305 g/mol. The van der Waals surface area contributed by atoms with Gasteiger partial charge in [0.25, 0.3) is 0 Å². The summed E-state index contributed by atoms with van der Waals surface area (Å²) in [6.45, 7) is 1.06. The maximum Gasteiger partial charge on any atom is 0.0656 e. The fourth-order valence-corrected chi connectivity index (χ4v) is 3.42. The molecule has 1 heterocycles. The smallest absolute Gasteiger partial charge is 0.0656 e. The summed E-state index contributed by atoms with van der Waals surface area (Å²) in [6, 6.07) is 3.06. The van der Waals surface area contributed by atoms with Gasteiger partial charge in [0.05, 0.1) is 2.88 Å². The van der Waals surface area contributed by atoms with Crippen LogP contribution in [0.3, 0.4) is 0 Å². The summed E-state index contributed by atoms with van der Waals surface area (Å²) in [6.07, 6.45) is 7.02. The minimum Gasteiger partial charge on any atom is -0.310 e. The van der Waals surface area contributed by atoms with Gasteiger partial charge >= 0.3 is 0 Å². The summed E-state index contributed by atoms with van der Waals surface area (Å²) in [5, 5.41) is 5.92. The average Bonchev–Trinajstić information content (AvgIpc) is 2.63. The summed E-state index contributed by atoms with van der Waals surface area (Å²) in [5.74, 6) is 0. The molecule has 1 nitrogen and oxygen atoms in total. The molecule has 1 N–H and O–H groups in total. The Hall–Kier alpha value is 0.390. The van der Waals surface area contributed by atoms with Crippen LogP contribution in [0, 0.1) is 2.88 Å². The van der Waals surface area contributed by atoms with Gasteiger partial charge in [0.15, 0.2) is 0 Å². The zero-order chi connectivity index (χ0) is 9.80. The average molecular weight is 321 g/mol. The van der Waals surface area contributed by atoms with Gasteiger partial charge in [-0.25, -0.2) is 0 Å². The molecule has 1 saturated carbocycles. The van der Waals surface area contributed by atoms with Crippen LogP contribution in [-0.2, 0) is 6.54 Å². The van der Waals surface area contributed by atoms with Crippen LogP contribution in [0.5, 0.6) is 0 Å². The van der Waals surface area contributed by atoms with Gasteiger partial charge in [-0.2, -0.15) is 0 Å². The molecule has 2 rings (SSSR count). The molecule has 78 valence electrons. The van der Waals surface area contributed by atoms with Crippen LogP contribution in [0.4, 0.5) is 0 Å². The predicted octanol–water partition coefficient (Wildman–Crippen LogP) is 3.78. The summed E-state index contributed by atoms with van der Waals surface area (Å²) >= 11 is 4.22. The Kier molecular flexibility index (Phi) is 4.25. The molecule has 0 spiro atoms. The van der Waals surface area contributed by atoms with Crippen LogP contribution in [0.25, 0.3) is 0 Å². The highest BCUT2D eigenvalue weighted by Gasteiger charge is 2.12. The van der Waals surface area contributed by atoms with Gasteiger partial charge in [-0.1, -0.05) is 19.3 Å². The second kappa shape index (κ2) is 5.47. The molecule has 0 unspecified atom stereocenters. The second-order valence-corrected chi connectivity index (χ2v) is 6.78. The molecular formula is C11H16INS. The number of rotatable bonds is 3. The Morgan fingerprint density at radius 2 is 2.14 bits per heavy atom. The molecule has 0 bridgehead atoms. The molecule has 3 heteroatoms. The number of nitrogens with one attached hydrogen (secondary N) is 1. The van der Waals surface area contributed by atoms with E-state index < -0.39 is 0 Å². The zero-order valence-electron chi connectivity index (χ0n) is 8.26. The van der Waals surface area contributed by atoms with Crippen molar-refractivity contribution < 1.29 is 0 Å². The van der Waals surface area contributed by atoms with Crippen LogP contribution >= 0.6 is 33.9 Å². The number of hydrogen-bond donors (Lipinski definition) is 1. The molecule has 0 saturated heterocycles. The van der Waals surface area contributed by atoms with E-state index in [9.17, 15) is 0 Å². The van der Waals surface area contributed by atoms with Gasteiger partial charge in [-0.05, 0) is 52.4 Å². The maximum absolute atomic E-state index is 3.65. The standard InChI is InChI=1S/C11H16INS/c12-11-6-9(8-14-11)7-13-10-4-2-1-3-5-10/h6,8,10,13H,1-5,7H2. The quantitative estimate of drug-likeness (QED) is 0.836. The lowest BCUT2D eigenvalue weighted by molar-refractivity contribution is 0.372. The first kappa shape index (κ1) is 10.9. The molecule has 0 aliphatic heterocycles. The van der Waals surface area contributed by atoms with E-state index in [2.05, 4.69) is 39.4 Å². The highest BCUT2D eigenvalue weighted by atomic mass is 127. The third-order valence-corrected chi connectivity index (χ3v) is 4.66. The van der Waals surface area contributed by atoms with Crippen molar-refractivity contribution in [1.29, 1.82) is 0 Å². The lowest BCUT2D eigenvalue weighted by Crippen LogP contribution is -2.30. The predicted molar refractivity (Wildman–Crippen MR) is 70.7 cm³/mol. The topological polar surface area (TPSA) is 12.0 Å². The SMILES string of the molecule is Ic1cc(CNC2CCCCC2)cs1. The fourth-order valence-electron chi connectivity index (χ4n) is 2.01. The summed E-state index contributed by atoms with van der Waals surface area (Å²) < 4.78 is 1.39. The third kappa shape index (κ3) is 3.21. The van der Waals surface area contributed by atoms with Crippen LogP contribution in [-0.4, -0.2) is 6.04 Å². The van der Waals surface area contributed by atoms with Gasteiger partial charge < -0.3 is 5.32 Å². The van der Waals surface area contributed by atoms with Crippen molar-refractivity contribution in [2.45, 2.75) is 44.7 Å². The van der Waals surface area contributed by atoms with Crippen molar-refractivity contribution in [2.75, 3.05) is 0 Å². The Labute approximate surface area is 103 Å². The van der Waals surface area contributed by atoms with Crippen molar-refractivity contribution in [3.63, 3.8) is 0 Å². The van der Waals surface area contributed by atoms with Crippen molar-refractivity contribution in [3.05, 3.63) is 19.9 Å². The van der Waals surface area contributed by atoms with E-state index in [0.717, 1.165) is 12.6 Å². The van der Waals surface area contributed by atoms with Crippen molar-refractivity contribution in [3.8, 4) is 0 Å². The van der Waals surface area contributed by atoms with Gasteiger partial charge in [0.2, 0.25) is 0 Å². The van der Waals surface area contributed by atoms with Crippen LogP contribution in [0.1, 0.15) is 37.7 Å². The summed E-state index contributed by atoms with van der Waals surface area (Å²) in [4.78, 5) is 0. The molecule has 1 aromatic heterocycles. The van der Waals surface area contributed by atoms with E-state index in [1.807, 2.05) is 11.3 Å². The first-order chi connectivity index (χ1) is 6.84. The number of halogens is 1. The molecule has 0 radical (unpaired) electrons. The lowest BCUT2D eigenvalue weighted by atomic mass is 9.95. The van der Waals surface area contributed by atoms with Crippen LogP contribution < -0.4 is 5.32 Å². The normalized spacial score (nSPS) is 18.6. The van der Waals surface area contributed by atoms with E-state index in [4.69, 9.17) is 0 Å². The molecule has 14 heavy (non-hydrogen) atoms. The Bertz CT molecular complexity index is 279. The third-order valence-electron chi connectivity index (χ3n) is 2.82. The van der Waals surface area contributed by atoms with E-state index in [0.29, 0.717) is 0 Å². The Morgan fingerprint density at radius 3 is 2.79 bits per heavy atom. The molecule has 0 aromatic carbocycles. The molecule has 1 aliphatic carbocycles. The van der Waals surface area contributed by atoms with E-state index in [-0.39, 0.29) is 0 Å².